The Labute approximate surface area is 149 Å². The van der Waals surface area contributed by atoms with Crippen LogP contribution in [-0.4, -0.2) is 40.9 Å². The molecule has 1 aromatic heterocycles. The van der Waals surface area contributed by atoms with E-state index in [1.54, 1.807) is 26.4 Å². The maximum absolute atomic E-state index is 12.4. The number of methoxy groups -OCH3 is 2. The molecule has 0 saturated carbocycles. The van der Waals surface area contributed by atoms with Crippen molar-refractivity contribution in [1.29, 1.82) is 0 Å². The number of carbonyl (C=O) groups is 1. The first kappa shape index (κ1) is 17.0. The molecule has 2 aromatic carbocycles. The smallest absolute Gasteiger partial charge is 0.209 e. The van der Waals surface area contributed by atoms with Crippen LogP contribution in [0.25, 0.3) is 11.4 Å². The summed E-state index contributed by atoms with van der Waals surface area (Å²) in [5.74, 6) is 2.20. The quantitative estimate of drug-likeness (QED) is 0.517. The number of para-hydroxylation sites is 1. The van der Waals surface area contributed by atoms with Gasteiger partial charge in [0.2, 0.25) is 5.16 Å². The van der Waals surface area contributed by atoms with Crippen LogP contribution in [0.4, 0.5) is 0 Å². The summed E-state index contributed by atoms with van der Waals surface area (Å²) in [7, 11) is 3.17. The summed E-state index contributed by atoms with van der Waals surface area (Å²) < 4.78 is 10.4. The number of carbonyl (C=O) groups excluding carboxylic acids is 1. The normalized spacial score (nSPS) is 10.5. The second kappa shape index (κ2) is 7.85. The lowest BCUT2D eigenvalue weighted by Crippen LogP contribution is -2.04. The van der Waals surface area contributed by atoms with Crippen LogP contribution in [0.2, 0.25) is 0 Å². The highest BCUT2D eigenvalue weighted by molar-refractivity contribution is 7.99. The highest BCUT2D eigenvalue weighted by atomic mass is 32.2. The highest BCUT2D eigenvalue weighted by Crippen LogP contribution is 2.24. The molecule has 0 aliphatic heterocycles. The summed E-state index contributed by atoms with van der Waals surface area (Å²) in [6, 6.07) is 14.7. The average molecular weight is 355 g/mol. The van der Waals surface area contributed by atoms with Gasteiger partial charge in [0.1, 0.15) is 11.5 Å². The molecule has 3 rings (SSSR count). The van der Waals surface area contributed by atoms with Crippen LogP contribution >= 0.6 is 11.8 Å². The first-order valence-electron chi connectivity index (χ1n) is 7.57. The van der Waals surface area contributed by atoms with Gasteiger partial charge in [-0.25, -0.2) is 4.98 Å². The average Bonchev–Trinajstić information content (AvgIpc) is 3.15. The number of ketones is 1. The van der Waals surface area contributed by atoms with Crippen LogP contribution < -0.4 is 9.47 Å². The van der Waals surface area contributed by atoms with Crippen molar-refractivity contribution in [2.45, 2.75) is 5.16 Å². The first-order valence-corrected chi connectivity index (χ1v) is 8.55. The van der Waals surface area contributed by atoms with E-state index in [1.165, 1.54) is 11.8 Å². The summed E-state index contributed by atoms with van der Waals surface area (Å²) in [4.78, 5) is 16.8. The lowest BCUT2D eigenvalue weighted by molar-refractivity contribution is 0.101. The topological polar surface area (TPSA) is 77.1 Å². The third-order valence-corrected chi connectivity index (χ3v) is 4.42. The monoisotopic (exact) mass is 355 g/mol. The summed E-state index contributed by atoms with van der Waals surface area (Å²) in [6.45, 7) is 0. The van der Waals surface area contributed by atoms with Gasteiger partial charge in [0.05, 0.1) is 25.5 Å². The van der Waals surface area contributed by atoms with E-state index in [9.17, 15) is 4.79 Å². The molecule has 3 aromatic rings. The SMILES string of the molecule is COc1ccc(-c2nc(SCC(=O)c3ccccc3OC)n[nH]2)cc1. The van der Waals surface area contributed by atoms with Crippen LogP contribution in [0, 0.1) is 0 Å². The van der Waals surface area contributed by atoms with Crippen LogP contribution in [0.1, 0.15) is 10.4 Å². The number of aromatic nitrogens is 3. The van der Waals surface area contributed by atoms with Gasteiger partial charge in [-0.2, -0.15) is 0 Å². The van der Waals surface area contributed by atoms with Crippen LogP contribution in [0.15, 0.2) is 53.7 Å². The van der Waals surface area contributed by atoms with Gasteiger partial charge in [-0.05, 0) is 36.4 Å². The Kier molecular flexibility index (Phi) is 5.35. The molecule has 0 amide bonds. The minimum absolute atomic E-state index is 0.0294. The van der Waals surface area contributed by atoms with Gasteiger partial charge in [-0.15, -0.1) is 5.10 Å². The van der Waals surface area contributed by atoms with Gasteiger partial charge in [0.15, 0.2) is 11.6 Å². The number of hydrogen-bond acceptors (Lipinski definition) is 6. The number of H-pyrrole nitrogens is 1. The number of nitrogens with zero attached hydrogens (tertiary/aromatic N) is 2. The summed E-state index contributed by atoms with van der Waals surface area (Å²) in [6.07, 6.45) is 0. The van der Waals surface area contributed by atoms with Gasteiger partial charge >= 0.3 is 0 Å². The molecule has 25 heavy (non-hydrogen) atoms. The van der Waals surface area contributed by atoms with E-state index < -0.39 is 0 Å². The number of thioether (sulfide) groups is 1. The Hall–Kier alpha value is -2.80. The van der Waals surface area contributed by atoms with Crippen LogP contribution in [0.3, 0.4) is 0 Å². The standard InChI is InChI=1S/C18H17N3O3S/c1-23-13-9-7-12(8-10-13)17-19-18(21-20-17)25-11-15(22)14-5-3-4-6-16(14)24-2/h3-10H,11H2,1-2H3,(H,19,20,21). The molecule has 0 fully saturated rings. The van der Waals surface area contributed by atoms with Crippen molar-refractivity contribution in [2.24, 2.45) is 0 Å². The third-order valence-electron chi connectivity index (χ3n) is 3.57. The van der Waals surface area contributed by atoms with E-state index in [0.717, 1.165) is 11.3 Å². The fourth-order valence-electron chi connectivity index (χ4n) is 2.27. The molecule has 128 valence electrons. The lowest BCUT2D eigenvalue weighted by Gasteiger charge is -2.05. The minimum Gasteiger partial charge on any atom is -0.497 e. The van der Waals surface area contributed by atoms with Crippen molar-refractivity contribution in [1.82, 2.24) is 15.2 Å². The molecule has 1 N–H and O–H groups in total. The third kappa shape index (κ3) is 4.00. The van der Waals surface area contributed by atoms with E-state index in [4.69, 9.17) is 9.47 Å². The number of hydrogen-bond donors (Lipinski definition) is 1. The van der Waals surface area contributed by atoms with Crippen molar-refractivity contribution in [3.05, 3.63) is 54.1 Å². The summed E-state index contributed by atoms with van der Waals surface area (Å²) >= 11 is 1.28. The fraction of sp³-hybridized carbons (Fsp3) is 0.167. The molecular formula is C18H17N3O3S. The van der Waals surface area contributed by atoms with E-state index in [0.29, 0.717) is 22.3 Å². The van der Waals surface area contributed by atoms with E-state index in [1.807, 2.05) is 36.4 Å². The number of aromatic amines is 1. The van der Waals surface area contributed by atoms with Crippen LogP contribution in [-0.2, 0) is 0 Å². The van der Waals surface area contributed by atoms with Gasteiger partial charge in [-0.1, -0.05) is 23.9 Å². The number of benzene rings is 2. The van der Waals surface area contributed by atoms with E-state index in [-0.39, 0.29) is 11.5 Å². The highest BCUT2D eigenvalue weighted by Gasteiger charge is 2.14. The fourth-order valence-corrected chi connectivity index (χ4v) is 2.95. The maximum Gasteiger partial charge on any atom is 0.209 e. The zero-order chi connectivity index (χ0) is 17.6. The Bertz CT molecular complexity index is 862. The Morgan fingerprint density at radius 1 is 1.08 bits per heavy atom. The molecule has 0 radical (unpaired) electrons. The van der Waals surface area contributed by atoms with Gasteiger partial charge in [0.25, 0.3) is 0 Å². The second-order valence-corrected chi connectivity index (χ2v) is 6.05. The van der Waals surface area contributed by atoms with E-state index >= 15 is 0 Å². The molecule has 1 heterocycles. The molecule has 0 aliphatic rings. The molecule has 0 spiro atoms. The van der Waals surface area contributed by atoms with Crippen molar-refractivity contribution in [2.75, 3.05) is 20.0 Å². The molecule has 0 saturated heterocycles. The maximum atomic E-state index is 12.4. The number of ether oxygens (including phenoxy) is 2. The largest absolute Gasteiger partial charge is 0.497 e. The van der Waals surface area contributed by atoms with Crippen molar-refractivity contribution >= 4 is 17.5 Å². The predicted octanol–water partition coefficient (Wildman–Crippen LogP) is 3.46. The predicted molar refractivity (Wildman–Crippen MR) is 96.4 cm³/mol. The molecular weight excluding hydrogens is 338 g/mol. The van der Waals surface area contributed by atoms with Crippen molar-refractivity contribution < 1.29 is 14.3 Å². The Morgan fingerprint density at radius 2 is 1.84 bits per heavy atom. The second-order valence-electron chi connectivity index (χ2n) is 5.11. The molecule has 0 bridgehead atoms. The summed E-state index contributed by atoms with van der Waals surface area (Å²) in [5.41, 5.74) is 1.46. The van der Waals surface area contributed by atoms with Gasteiger partial charge in [-0.3, -0.25) is 9.89 Å². The molecule has 6 nitrogen and oxygen atoms in total. The zero-order valence-corrected chi connectivity index (χ0v) is 14.7. The minimum atomic E-state index is -0.0294. The summed E-state index contributed by atoms with van der Waals surface area (Å²) in [5, 5.41) is 7.56. The number of Topliss-reactive ketones (excluding diaryl/α,β-unsaturated/α-hetero) is 1. The Balaban J connectivity index is 1.66. The first-order chi connectivity index (χ1) is 12.2. The Morgan fingerprint density at radius 3 is 2.56 bits per heavy atom. The number of rotatable bonds is 7. The van der Waals surface area contributed by atoms with Crippen LogP contribution in [0.5, 0.6) is 11.5 Å². The van der Waals surface area contributed by atoms with Gasteiger partial charge < -0.3 is 9.47 Å². The van der Waals surface area contributed by atoms with Gasteiger partial charge in [0, 0.05) is 5.56 Å². The van der Waals surface area contributed by atoms with E-state index in [2.05, 4.69) is 15.2 Å². The molecule has 0 atom stereocenters. The molecule has 7 heteroatoms. The molecule has 0 unspecified atom stereocenters. The number of nitrogens with one attached hydrogen (secondary N) is 1. The van der Waals surface area contributed by atoms with Crippen molar-refractivity contribution in [3.63, 3.8) is 0 Å². The molecule has 0 aliphatic carbocycles. The van der Waals surface area contributed by atoms with Crippen molar-refractivity contribution in [3.8, 4) is 22.9 Å². The zero-order valence-electron chi connectivity index (χ0n) is 13.9. The lowest BCUT2D eigenvalue weighted by atomic mass is 10.1.